The van der Waals surface area contributed by atoms with Gasteiger partial charge in [0.15, 0.2) is 0 Å². The minimum atomic E-state index is -0.641. The average molecular weight is 393 g/mol. The third kappa shape index (κ3) is 2.15. The van der Waals surface area contributed by atoms with Crippen molar-refractivity contribution in [3.05, 3.63) is 71.0 Å². The van der Waals surface area contributed by atoms with Gasteiger partial charge in [-0.15, -0.1) is 0 Å². The predicted molar refractivity (Wildman–Crippen MR) is 116 cm³/mol. The molecular weight excluding hydrogens is 368 g/mol. The Morgan fingerprint density at radius 2 is 1.21 bits per heavy atom. The Morgan fingerprint density at radius 1 is 0.750 bits per heavy atom. The molecule has 0 spiro atoms. The van der Waals surface area contributed by atoms with Crippen LogP contribution in [0.15, 0.2) is 48.5 Å². The Balaban J connectivity index is 1.63. The van der Waals surface area contributed by atoms with Gasteiger partial charge < -0.3 is 14.8 Å². The van der Waals surface area contributed by atoms with Crippen LogP contribution in [0.2, 0.25) is 0 Å². The van der Waals surface area contributed by atoms with Gasteiger partial charge in [-0.1, -0.05) is 49.2 Å². The zero-order valence-corrected chi connectivity index (χ0v) is 17.1. The highest BCUT2D eigenvalue weighted by Crippen LogP contribution is 2.53. The molecule has 0 aliphatic heterocycles. The molecule has 1 fully saturated rings. The van der Waals surface area contributed by atoms with Crippen molar-refractivity contribution in [3.63, 3.8) is 0 Å². The number of aryl methyl sites for hydroxylation is 1. The fraction of sp³-hybridized carbons (Fsp3) is 0.304. The summed E-state index contributed by atoms with van der Waals surface area (Å²) in [4.78, 5) is 0. The van der Waals surface area contributed by atoms with E-state index < -0.39 is 12.2 Å². The van der Waals surface area contributed by atoms with Crippen LogP contribution in [0.3, 0.4) is 0 Å². The number of thiol groups is 1. The summed E-state index contributed by atoms with van der Waals surface area (Å²) < 4.78 is 3.99. The third-order valence-electron chi connectivity index (χ3n) is 6.72. The SMILES string of the molecule is Cc1c(C2C(O)C(c3c(C)n(S)c4ccccc34)C2O)c2ccccc2n1C. The fourth-order valence-corrected chi connectivity index (χ4v) is 5.44. The summed E-state index contributed by atoms with van der Waals surface area (Å²) in [7, 11) is 2.04. The molecule has 4 aromatic rings. The molecule has 4 nitrogen and oxygen atoms in total. The highest BCUT2D eigenvalue weighted by Gasteiger charge is 2.53. The summed E-state index contributed by atoms with van der Waals surface area (Å²) in [6.45, 7) is 4.06. The molecule has 0 saturated heterocycles. The van der Waals surface area contributed by atoms with Gasteiger partial charge >= 0.3 is 0 Å². The number of para-hydroxylation sites is 2. The van der Waals surface area contributed by atoms with Crippen molar-refractivity contribution >= 4 is 34.6 Å². The molecule has 1 aliphatic rings. The maximum absolute atomic E-state index is 11.2. The first kappa shape index (κ1) is 17.9. The van der Waals surface area contributed by atoms with Gasteiger partial charge in [-0.3, -0.25) is 3.97 Å². The van der Waals surface area contributed by atoms with E-state index in [4.69, 9.17) is 0 Å². The van der Waals surface area contributed by atoms with E-state index >= 15 is 0 Å². The molecule has 5 heteroatoms. The summed E-state index contributed by atoms with van der Waals surface area (Å²) >= 11 is 4.61. The second-order valence-electron chi connectivity index (χ2n) is 7.94. The van der Waals surface area contributed by atoms with Crippen molar-refractivity contribution < 1.29 is 10.2 Å². The van der Waals surface area contributed by atoms with E-state index in [1.807, 2.05) is 54.3 Å². The van der Waals surface area contributed by atoms with Gasteiger partial charge in [0.1, 0.15) is 0 Å². The van der Waals surface area contributed by atoms with Gasteiger partial charge in [0.2, 0.25) is 0 Å². The third-order valence-corrected chi connectivity index (χ3v) is 7.23. The van der Waals surface area contributed by atoms with Crippen LogP contribution < -0.4 is 0 Å². The molecule has 2 aromatic carbocycles. The van der Waals surface area contributed by atoms with Gasteiger partial charge in [-0.25, -0.2) is 0 Å². The maximum atomic E-state index is 11.2. The number of benzene rings is 2. The van der Waals surface area contributed by atoms with E-state index in [1.54, 1.807) is 0 Å². The van der Waals surface area contributed by atoms with Crippen molar-refractivity contribution in [1.82, 2.24) is 8.54 Å². The Bertz CT molecular complexity index is 1120. The molecule has 1 aliphatic carbocycles. The molecule has 0 radical (unpaired) electrons. The van der Waals surface area contributed by atoms with E-state index in [1.165, 1.54) is 0 Å². The van der Waals surface area contributed by atoms with Crippen LogP contribution in [0.5, 0.6) is 0 Å². The molecule has 28 heavy (non-hydrogen) atoms. The molecule has 2 heterocycles. The molecular formula is C23H24N2O2S. The number of nitrogens with zero attached hydrogens (tertiary/aromatic N) is 2. The van der Waals surface area contributed by atoms with Gasteiger partial charge in [0.05, 0.1) is 17.7 Å². The predicted octanol–water partition coefficient (Wildman–Crippen LogP) is 4.05. The van der Waals surface area contributed by atoms with Gasteiger partial charge in [-0.2, -0.15) is 0 Å². The Morgan fingerprint density at radius 3 is 1.82 bits per heavy atom. The summed E-state index contributed by atoms with van der Waals surface area (Å²) in [5.74, 6) is -0.612. The number of fused-ring (bicyclic) bond motifs is 2. The van der Waals surface area contributed by atoms with Crippen LogP contribution in [-0.2, 0) is 7.05 Å². The number of aliphatic hydroxyl groups is 2. The standard InChI is InChI=1S/C23H24N2O2S/c1-12-18(14-8-4-6-10-16(14)24(12)3)20-22(26)21(23(20)27)19-13(2)25(28)17-11-7-5-9-15(17)19/h4-11,20-23,26-28H,1-3H3. The topological polar surface area (TPSA) is 50.3 Å². The number of hydrogen-bond acceptors (Lipinski definition) is 3. The second-order valence-corrected chi connectivity index (χ2v) is 8.34. The number of rotatable bonds is 2. The maximum Gasteiger partial charge on any atom is 0.0729 e. The lowest BCUT2D eigenvalue weighted by atomic mass is 9.62. The number of aliphatic hydroxyl groups excluding tert-OH is 2. The quantitative estimate of drug-likeness (QED) is 0.451. The highest BCUT2D eigenvalue weighted by atomic mass is 32.1. The second kappa shape index (κ2) is 6.14. The smallest absolute Gasteiger partial charge is 0.0729 e. The highest BCUT2D eigenvalue weighted by molar-refractivity contribution is 7.78. The Hall–Kier alpha value is -2.21. The molecule has 5 rings (SSSR count). The van der Waals surface area contributed by atoms with Crippen molar-refractivity contribution in [2.45, 2.75) is 37.9 Å². The molecule has 0 bridgehead atoms. The lowest BCUT2D eigenvalue weighted by Gasteiger charge is -2.47. The first-order chi connectivity index (χ1) is 13.4. The molecule has 2 aromatic heterocycles. The Labute approximate surface area is 169 Å². The van der Waals surface area contributed by atoms with Crippen molar-refractivity contribution in [1.29, 1.82) is 0 Å². The monoisotopic (exact) mass is 392 g/mol. The van der Waals surface area contributed by atoms with Crippen molar-refractivity contribution in [2.24, 2.45) is 7.05 Å². The van der Waals surface area contributed by atoms with Gasteiger partial charge in [0, 0.05) is 46.6 Å². The van der Waals surface area contributed by atoms with Crippen LogP contribution in [0.1, 0.15) is 34.4 Å². The van der Waals surface area contributed by atoms with Gasteiger partial charge in [0.25, 0.3) is 0 Å². The molecule has 2 atom stereocenters. The molecule has 2 unspecified atom stereocenters. The molecule has 1 saturated carbocycles. The normalized spacial score (nSPS) is 24.8. The van der Waals surface area contributed by atoms with E-state index in [0.29, 0.717) is 0 Å². The van der Waals surface area contributed by atoms with Crippen LogP contribution in [-0.4, -0.2) is 31.0 Å². The summed E-state index contributed by atoms with van der Waals surface area (Å²) in [6, 6.07) is 16.2. The van der Waals surface area contributed by atoms with E-state index in [2.05, 4.69) is 36.4 Å². The molecule has 0 amide bonds. The first-order valence-electron chi connectivity index (χ1n) is 9.62. The number of hydrogen-bond donors (Lipinski definition) is 3. The van der Waals surface area contributed by atoms with Crippen molar-refractivity contribution in [2.75, 3.05) is 0 Å². The molecule has 2 N–H and O–H groups in total. The lowest BCUT2D eigenvalue weighted by molar-refractivity contribution is -0.0780. The summed E-state index contributed by atoms with van der Waals surface area (Å²) in [6.07, 6.45) is -1.28. The molecule has 144 valence electrons. The first-order valence-corrected chi connectivity index (χ1v) is 10.0. The van der Waals surface area contributed by atoms with Gasteiger partial charge in [-0.05, 0) is 37.1 Å². The largest absolute Gasteiger partial charge is 0.392 e. The van der Waals surface area contributed by atoms with E-state index in [-0.39, 0.29) is 11.8 Å². The summed E-state index contributed by atoms with van der Waals surface area (Å²) in [5, 5.41) is 24.6. The van der Waals surface area contributed by atoms with Crippen LogP contribution in [0.25, 0.3) is 21.8 Å². The lowest BCUT2D eigenvalue weighted by Crippen LogP contribution is -2.52. The fourth-order valence-electron chi connectivity index (χ4n) is 5.16. The van der Waals surface area contributed by atoms with Crippen molar-refractivity contribution in [3.8, 4) is 0 Å². The van der Waals surface area contributed by atoms with E-state index in [9.17, 15) is 10.2 Å². The van der Waals surface area contributed by atoms with Crippen LogP contribution in [0.4, 0.5) is 0 Å². The van der Waals surface area contributed by atoms with Crippen LogP contribution in [0, 0.1) is 13.8 Å². The number of aromatic nitrogens is 2. The Kier molecular flexibility index (Phi) is 3.92. The summed E-state index contributed by atoms with van der Waals surface area (Å²) in [5.41, 5.74) is 6.25. The minimum Gasteiger partial charge on any atom is -0.392 e. The minimum absolute atomic E-state index is 0.294. The zero-order valence-electron chi connectivity index (χ0n) is 16.2. The van der Waals surface area contributed by atoms with E-state index in [0.717, 1.165) is 44.3 Å². The van der Waals surface area contributed by atoms with Crippen LogP contribution >= 0.6 is 12.8 Å². The average Bonchev–Trinajstić information content (AvgIpc) is 3.10. The zero-order chi connectivity index (χ0) is 19.7.